The van der Waals surface area contributed by atoms with Crippen LogP contribution in [0.3, 0.4) is 0 Å². The Balaban J connectivity index is 2.06. The van der Waals surface area contributed by atoms with Crippen molar-refractivity contribution in [1.29, 1.82) is 0 Å². The number of imidazole rings is 1. The Morgan fingerprint density at radius 1 is 1.71 bits per heavy atom. The summed E-state index contributed by atoms with van der Waals surface area (Å²) in [6.45, 7) is 6.89. The van der Waals surface area contributed by atoms with Crippen LogP contribution in [0.2, 0.25) is 0 Å². The highest BCUT2D eigenvalue weighted by molar-refractivity contribution is 4.87. The molecule has 0 saturated carbocycles. The minimum Gasteiger partial charge on any atom is -0.349 e. The molecule has 0 aliphatic carbocycles. The van der Waals surface area contributed by atoms with Crippen LogP contribution in [-0.2, 0) is 6.42 Å². The minimum absolute atomic E-state index is 0.558. The number of rotatable bonds is 7. The molecule has 78 valence electrons. The van der Waals surface area contributed by atoms with Crippen LogP contribution in [0.1, 0.15) is 25.6 Å². The Hall–Kier alpha value is -1.09. The summed E-state index contributed by atoms with van der Waals surface area (Å²) in [7, 11) is 0. The molecule has 1 heterocycles. The fourth-order valence-electron chi connectivity index (χ4n) is 1.34. The van der Waals surface area contributed by atoms with Crippen molar-refractivity contribution in [1.82, 2.24) is 15.3 Å². The summed E-state index contributed by atoms with van der Waals surface area (Å²) in [6.07, 6.45) is 8.81. The number of allylic oxidation sites excluding steroid dienone is 1. The Labute approximate surface area is 85.6 Å². The van der Waals surface area contributed by atoms with Crippen molar-refractivity contribution in [2.45, 2.75) is 32.2 Å². The highest BCUT2D eigenvalue weighted by Gasteiger charge is 2.00. The van der Waals surface area contributed by atoms with Gasteiger partial charge in [-0.2, -0.15) is 0 Å². The van der Waals surface area contributed by atoms with Gasteiger partial charge in [0.05, 0.1) is 0 Å². The number of nitrogens with one attached hydrogen (secondary N) is 2. The van der Waals surface area contributed by atoms with E-state index >= 15 is 0 Å². The normalized spacial score (nSPS) is 12.6. The topological polar surface area (TPSA) is 40.7 Å². The lowest BCUT2D eigenvalue weighted by Crippen LogP contribution is -2.28. The van der Waals surface area contributed by atoms with Crippen molar-refractivity contribution >= 4 is 0 Å². The average Bonchev–Trinajstić information content (AvgIpc) is 2.67. The molecular formula is C11H19N3. The quantitative estimate of drug-likeness (QED) is 0.649. The number of hydrogen-bond acceptors (Lipinski definition) is 2. The molecule has 0 fully saturated rings. The van der Waals surface area contributed by atoms with E-state index in [1.54, 1.807) is 6.20 Å². The van der Waals surface area contributed by atoms with Crippen LogP contribution >= 0.6 is 0 Å². The van der Waals surface area contributed by atoms with Gasteiger partial charge < -0.3 is 10.3 Å². The van der Waals surface area contributed by atoms with Crippen LogP contribution in [-0.4, -0.2) is 22.6 Å². The Morgan fingerprint density at radius 2 is 2.57 bits per heavy atom. The van der Waals surface area contributed by atoms with Gasteiger partial charge in [-0.15, -0.1) is 6.58 Å². The summed E-state index contributed by atoms with van der Waals surface area (Å²) in [5, 5.41) is 3.45. The third kappa shape index (κ3) is 4.23. The van der Waals surface area contributed by atoms with Crippen LogP contribution in [0.25, 0.3) is 0 Å². The molecular weight excluding hydrogens is 174 g/mol. The standard InChI is InChI=1S/C11H19N3/c1-3-4-5-10(2)12-7-6-11-13-8-9-14-11/h3,8-10,12H,1,4-7H2,2H3,(H,13,14). The molecule has 0 radical (unpaired) electrons. The van der Waals surface area contributed by atoms with Crippen LogP contribution in [0.5, 0.6) is 0 Å². The van der Waals surface area contributed by atoms with Gasteiger partial charge in [-0.1, -0.05) is 6.08 Å². The lowest BCUT2D eigenvalue weighted by Gasteiger charge is -2.11. The predicted molar refractivity (Wildman–Crippen MR) is 59.2 cm³/mol. The van der Waals surface area contributed by atoms with Gasteiger partial charge in [-0.25, -0.2) is 4.98 Å². The van der Waals surface area contributed by atoms with E-state index in [1.165, 1.54) is 0 Å². The Bertz CT molecular complexity index is 241. The van der Waals surface area contributed by atoms with Crippen LogP contribution < -0.4 is 5.32 Å². The van der Waals surface area contributed by atoms with Crippen LogP contribution in [0.4, 0.5) is 0 Å². The fourth-order valence-corrected chi connectivity index (χ4v) is 1.34. The molecule has 2 N–H and O–H groups in total. The average molecular weight is 193 g/mol. The predicted octanol–water partition coefficient (Wildman–Crippen LogP) is 1.90. The van der Waals surface area contributed by atoms with Crippen LogP contribution in [0, 0.1) is 0 Å². The lowest BCUT2D eigenvalue weighted by atomic mass is 10.2. The fraction of sp³-hybridized carbons (Fsp3) is 0.545. The van der Waals surface area contributed by atoms with Crippen LogP contribution in [0.15, 0.2) is 25.0 Å². The van der Waals surface area contributed by atoms with Crippen molar-refractivity contribution in [2.24, 2.45) is 0 Å². The van der Waals surface area contributed by atoms with Crippen molar-refractivity contribution in [3.8, 4) is 0 Å². The summed E-state index contributed by atoms with van der Waals surface area (Å²) in [5.41, 5.74) is 0. The first-order valence-corrected chi connectivity index (χ1v) is 5.15. The van der Waals surface area contributed by atoms with E-state index < -0.39 is 0 Å². The summed E-state index contributed by atoms with van der Waals surface area (Å²) in [6, 6.07) is 0.558. The summed E-state index contributed by atoms with van der Waals surface area (Å²) >= 11 is 0. The molecule has 1 aromatic heterocycles. The van der Waals surface area contributed by atoms with Gasteiger partial charge in [-0.05, 0) is 19.8 Å². The molecule has 0 saturated heterocycles. The monoisotopic (exact) mass is 193 g/mol. The molecule has 1 rings (SSSR count). The van der Waals surface area contributed by atoms with Crippen molar-refractivity contribution in [3.05, 3.63) is 30.9 Å². The molecule has 3 nitrogen and oxygen atoms in total. The van der Waals surface area contributed by atoms with E-state index in [2.05, 4.69) is 28.8 Å². The SMILES string of the molecule is C=CCCC(C)NCCc1ncc[nH]1. The molecule has 0 bridgehead atoms. The molecule has 1 unspecified atom stereocenters. The molecule has 14 heavy (non-hydrogen) atoms. The zero-order valence-electron chi connectivity index (χ0n) is 8.79. The molecule has 0 aliphatic rings. The molecule has 0 aromatic carbocycles. The van der Waals surface area contributed by atoms with E-state index in [4.69, 9.17) is 0 Å². The van der Waals surface area contributed by atoms with E-state index in [-0.39, 0.29) is 0 Å². The zero-order chi connectivity index (χ0) is 10.2. The second-order valence-electron chi connectivity index (χ2n) is 3.51. The molecule has 1 atom stereocenters. The molecule has 0 aliphatic heterocycles. The van der Waals surface area contributed by atoms with E-state index in [1.807, 2.05) is 12.3 Å². The summed E-state index contributed by atoms with van der Waals surface area (Å²) in [5.74, 6) is 1.05. The third-order valence-electron chi connectivity index (χ3n) is 2.21. The van der Waals surface area contributed by atoms with Crippen molar-refractivity contribution in [2.75, 3.05) is 6.54 Å². The first-order chi connectivity index (χ1) is 6.83. The van der Waals surface area contributed by atoms with Crippen molar-refractivity contribution in [3.63, 3.8) is 0 Å². The third-order valence-corrected chi connectivity index (χ3v) is 2.21. The maximum Gasteiger partial charge on any atom is 0.107 e. The van der Waals surface area contributed by atoms with Gasteiger partial charge in [0.2, 0.25) is 0 Å². The van der Waals surface area contributed by atoms with E-state index in [0.717, 1.165) is 31.6 Å². The molecule has 1 aromatic rings. The van der Waals surface area contributed by atoms with Gasteiger partial charge >= 0.3 is 0 Å². The number of H-pyrrole nitrogens is 1. The largest absolute Gasteiger partial charge is 0.349 e. The number of aromatic amines is 1. The van der Waals surface area contributed by atoms with Gasteiger partial charge in [0.15, 0.2) is 0 Å². The second-order valence-corrected chi connectivity index (χ2v) is 3.51. The van der Waals surface area contributed by atoms with Gasteiger partial charge in [0, 0.05) is 31.4 Å². The minimum atomic E-state index is 0.558. The second kappa shape index (κ2) is 6.38. The van der Waals surface area contributed by atoms with Crippen molar-refractivity contribution < 1.29 is 0 Å². The first kappa shape index (κ1) is 11.0. The maximum atomic E-state index is 4.16. The molecule has 3 heteroatoms. The maximum absolute atomic E-state index is 4.16. The van der Waals surface area contributed by atoms with Gasteiger partial charge in [0.1, 0.15) is 5.82 Å². The van der Waals surface area contributed by atoms with E-state index in [9.17, 15) is 0 Å². The zero-order valence-corrected chi connectivity index (χ0v) is 8.79. The Kier molecular flexibility index (Phi) is 5.00. The van der Waals surface area contributed by atoms with Gasteiger partial charge in [-0.3, -0.25) is 0 Å². The lowest BCUT2D eigenvalue weighted by molar-refractivity contribution is 0.518. The van der Waals surface area contributed by atoms with Gasteiger partial charge in [0.25, 0.3) is 0 Å². The molecule has 0 spiro atoms. The number of nitrogens with zero attached hydrogens (tertiary/aromatic N) is 1. The summed E-state index contributed by atoms with van der Waals surface area (Å²) in [4.78, 5) is 7.25. The smallest absolute Gasteiger partial charge is 0.107 e. The number of hydrogen-bond donors (Lipinski definition) is 2. The highest BCUT2D eigenvalue weighted by Crippen LogP contribution is 1.96. The Morgan fingerprint density at radius 3 is 3.21 bits per heavy atom. The molecule has 0 amide bonds. The van der Waals surface area contributed by atoms with E-state index in [0.29, 0.717) is 6.04 Å². The number of aromatic nitrogens is 2. The highest BCUT2D eigenvalue weighted by atomic mass is 14.9. The summed E-state index contributed by atoms with van der Waals surface area (Å²) < 4.78 is 0. The first-order valence-electron chi connectivity index (χ1n) is 5.15.